The third-order valence-electron chi connectivity index (χ3n) is 3.11. The number of aromatic amines is 1. The predicted molar refractivity (Wildman–Crippen MR) is 81.9 cm³/mol. The van der Waals surface area contributed by atoms with E-state index in [1.54, 1.807) is 24.3 Å². The fourth-order valence-electron chi connectivity index (χ4n) is 2.06. The Kier molecular flexibility index (Phi) is 4.38. The summed E-state index contributed by atoms with van der Waals surface area (Å²) in [5, 5.41) is 14.0. The van der Waals surface area contributed by atoms with E-state index in [0.717, 1.165) is 0 Å². The highest BCUT2D eigenvalue weighted by atomic mass is 35.5. The summed E-state index contributed by atoms with van der Waals surface area (Å²) >= 11 is 6.26. The molecule has 2 aromatic carbocycles. The molecule has 0 radical (unpaired) electrons. The number of benzene rings is 2. The van der Waals surface area contributed by atoms with E-state index in [4.69, 9.17) is 21.1 Å². The van der Waals surface area contributed by atoms with Gasteiger partial charge in [0, 0.05) is 5.56 Å². The second-order valence-electron chi connectivity index (χ2n) is 4.64. The van der Waals surface area contributed by atoms with Crippen molar-refractivity contribution >= 4 is 11.6 Å². The Labute approximate surface area is 136 Å². The van der Waals surface area contributed by atoms with Crippen molar-refractivity contribution < 1.29 is 13.9 Å². The average molecular weight is 335 g/mol. The highest BCUT2D eigenvalue weighted by Gasteiger charge is 2.15. The van der Waals surface area contributed by atoms with Gasteiger partial charge in [-0.1, -0.05) is 23.7 Å². The molecule has 3 rings (SSSR count). The molecule has 0 amide bonds. The number of aromatic nitrogens is 4. The van der Waals surface area contributed by atoms with E-state index in [2.05, 4.69) is 20.6 Å². The van der Waals surface area contributed by atoms with Gasteiger partial charge in [-0.3, -0.25) is 0 Å². The van der Waals surface area contributed by atoms with Crippen LogP contribution in [0.25, 0.3) is 11.4 Å². The lowest BCUT2D eigenvalue weighted by atomic mass is 10.2. The SMILES string of the molecule is COc1cc(-c2nn[nH]n2)cc(Cl)c1OCc1cccc(F)c1. The average Bonchev–Trinajstić information content (AvgIpc) is 3.07. The zero-order chi connectivity index (χ0) is 16.2. The van der Waals surface area contributed by atoms with E-state index < -0.39 is 0 Å². The number of tetrazole rings is 1. The second kappa shape index (κ2) is 6.62. The molecule has 8 heteroatoms. The van der Waals surface area contributed by atoms with Crippen molar-refractivity contribution in [3.8, 4) is 22.9 Å². The van der Waals surface area contributed by atoms with Crippen LogP contribution in [0.3, 0.4) is 0 Å². The standard InChI is InChI=1S/C15H12ClFN4O2/c1-22-13-7-10(15-18-20-21-19-15)6-12(16)14(13)23-8-9-3-2-4-11(17)5-9/h2-7H,8H2,1H3,(H,18,19,20,21). The van der Waals surface area contributed by atoms with Crippen LogP contribution in [0.5, 0.6) is 11.5 Å². The predicted octanol–water partition coefficient (Wildman–Crippen LogP) is 3.25. The summed E-state index contributed by atoms with van der Waals surface area (Å²) in [5.74, 6) is 0.859. The maximum atomic E-state index is 13.2. The zero-order valence-corrected chi connectivity index (χ0v) is 12.8. The van der Waals surface area contributed by atoms with Crippen molar-refractivity contribution in [1.29, 1.82) is 0 Å². The van der Waals surface area contributed by atoms with Crippen molar-refractivity contribution in [2.75, 3.05) is 7.11 Å². The number of H-pyrrole nitrogens is 1. The molecule has 0 spiro atoms. The lowest BCUT2D eigenvalue weighted by molar-refractivity contribution is 0.284. The highest BCUT2D eigenvalue weighted by Crippen LogP contribution is 2.39. The lowest BCUT2D eigenvalue weighted by Crippen LogP contribution is -1.99. The first-order valence-corrected chi connectivity index (χ1v) is 7.04. The van der Waals surface area contributed by atoms with Gasteiger partial charge >= 0.3 is 0 Å². The molecule has 0 aliphatic heterocycles. The highest BCUT2D eigenvalue weighted by molar-refractivity contribution is 6.32. The van der Waals surface area contributed by atoms with E-state index >= 15 is 0 Å². The summed E-state index contributed by atoms with van der Waals surface area (Å²) in [6, 6.07) is 9.49. The summed E-state index contributed by atoms with van der Waals surface area (Å²) in [6.07, 6.45) is 0. The molecule has 0 unspecified atom stereocenters. The first-order chi connectivity index (χ1) is 11.2. The van der Waals surface area contributed by atoms with Gasteiger partial charge in [0.1, 0.15) is 12.4 Å². The van der Waals surface area contributed by atoms with Crippen molar-refractivity contribution in [2.45, 2.75) is 6.61 Å². The monoisotopic (exact) mass is 334 g/mol. The summed E-state index contributed by atoms with van der Waals surface area (Å²) in [7, 11) is 1.50. The van der Waals surface area contributed by atoms with E-state index in [9.17, 15) is 4.39 Å². The molecule has 0 aliphatic rings. The summed E-state index contributed by atoms with van der Waals surface area (Å²) in [6.45, 7) is 0.162. The van der Waals surface area contributed by atoms with Crippen LogP contribution in [0.4, 0.5) is 4.39 Å². The van der Waals surface area contributed by atoms with Crippen LogP contribution < -0.4 is 9.47 Å². The Morgan fingerprint density at radius 1 is 1.26 bits per heavy atom. The van der Waals surface area contributed by atoms with E-state index in [-0.39, 0.29) is 12.4 Å². The molecule has 1 heterocycles. The number of nitrogens with one attached hydrogen (secondary N) is 1. The van der Waals surface area contributed by atoms with Crippen LogP contribution in [0.2, 0.25) is 5.02 Å². The number of nitrogens with zero attached hydrogens (tertiary/aromatic N) is 3. The van der Waals surface area contributed by atoms with E-state index in [1.165, 1.54) is 19.2 Å². The minimum atomic E-state index is -0.323. The largest absolute Gasteiger partial charge is 0.493 e. The van der Waals surface area contributed by atoms with Gasteiger partial charge in [0.05, 0.1) is 12.1 Å². The number of halogens is 2. The third-order valence-corrected chi connectivity index (χ3v) is 3.39. The van der Waals surface area contributed by atoms with Gasteiger partial charge in [0.15, 0.2) is 11.5 Å². The number of rotatable bonds is 5. The lowest BCUT2D eigenvalue weighted by Gasteiger charge is -2.13. The topological polar surface area (TPSA) is 72.9 Å². The van der Waals surface area contributed by atoms with Crippen LogP contribution in [-0.2, 0) is 6.61 Å². The van der Waals surface area contributed by atoms with Gasteiger partial charge in [0.25, 0.3) is 0 Å². The number of hydrogen-bond acceptors (Lipinski definition) is 5. The summed E-state index contributed by atoms with van der Waals surface area (Å²) in [5.41, 5.74) is 1.32. The smallest absolute Gasteiger partial charge is 0.204 e. The third kappa shape index (κ3) is 3.40. The van der Waals surface area contributed by atoms with Crippen molar-refractivity contribution in [1.82, 2.24) is 20.6 Å². The molecule has 0 bridgehead atoms. The van der Waals surface area contributed by atoms with Crippen LogP contribution in [0.15, 0.2) is 36.4 Å². The molecule has 6 nitrogen and oxygen atoms in total. The Morgan fingerprint density at radius 2 is 2.13 bits per heavy atom. The fraction of sp³-hybridized carbons (Fsp3) is 0.133. The molecular weight excluding hydrogens is 323 g/mol. The molecule has 0 saturated heterocycles. The van der Waals surface area contributed by atoms with Crippen LogP contribution in [0.1, 0.15) is 5.56 Å². The van der Waals surface area contributed by atoms with Crippen LogP contribution in [0, 0.1) is 5.82 Å². The molecule has 23 heavy (non-hydrogen) atoms. The first-order valence-electron chi connectivity index (χ1n) is 6.66. The Morgan fingerprint density at radius 3 is 2.83 bits per heavy atom. The molecule has 1 N–H and O–H groups in total. The van der Waals surface area contributed by atoms with Crippen LogP contribution in [-0.4, -0.2) is 27.7 Å². The van der Waals surface area contributed by atoms with Gasteiger partial charge in [0.2, 0.25) is 5.82 Å². The molecule has 0 atom stereocenters. The molecule has 3 aromatic rings. The van der Waals surface area contributed by atoms with Crippen molar-refractivity contribution in [3.05, 3.63) is 52.8 Å². The molecule has 1 aromatic heterocycles. The van der Waals surface area contributed by atoms with Crippen LogP contribution >= 0.6 is 11.6 Å². The minimum Gasteiger partial charge on any atom is -0.493 e. The quantitative estimate of drug-likeness (QED) is 0.775. The Hall–Kier alpha value is -2.67. The molecule has 0 aliphatic carbocycles. The van der Waals surface area contributed by atoms with Gasteiger partial charge < -0.3 is 9.47 Å². The summed E-state index contributed by atoms with van der Waals surface area (Å²) in [4.78, 5) is 0. The Bertz CT molecular complexity index is 811. The molecule has 118 valence electrons. The number of ether oxygens (including phenoxy) is 2. The summed E-state index contributed by atoms with van der Waals surface area (Å²) < 4.78 is 24.2. The normalized spacial score (nSPS) is 10.6. The zero-order valence-electron chi connectivity index (χ0n) is 12.1. The van der Waals surface area contributed by atoms with Gasteiger partial charge in [-0.15, -0.1) is 10.2 Å². The second-order valence-corrected chi connectivity index (χ2v) is 5.05. The Balaban J connectivity index is 1.87. The fourth-order valence-corrected chi connectivity index (χ4v) is 2.32. The van der Waals surface area contributed by atoms with E-state index in [1.807, 2.05) is 0 Å². The maximum absolute atomic E-state index is 13.2. The maximum Gasteiger partial charge on any atom is 0.204 e. The molecule has 0 saturated carbocycles. The molecular formula is C15H12ClFN4O2. The van der Waals surface area contributed by atoms with Crippen molar-refractivity contribution in [3.63, 3.8) is 0 Å². The number of methoxy groups -OCH3 is 1. The number of hydrogen-bond donors (Lipinski definition) is 1. The van der Waals surface area contributed by atoms with Gasteiger partial charge in [-0.2, -0.15) is 5.21 Å². The minimum absolute atomic E-state index is 0.162. The van der Waals surface area contributed by atoms with Gasteiger partial charge in [-0.05, 0) is 35.0 Å². The molecule has 0 fully saturated rings. The van der Waals surface area contributed by atoms with Gasteiger partial charge in [-0.25, -0.2) is 4.39 Å². The first kappa shape index (κ1) is 15.2. The van der Waals surface area contributed by atoms with E-state index in [0.29, 0.717) is 33.5 Å². The van der Waals surface area contributed by atoms with Crippen molar-refractivity contribution in [2.24, 2.45) is 0 Å².